The Bertz CT molecular complexity index is 1180. The van der Waals surface area contributed by atoms with Gasteiger partial charge in [0, 0.05) is 11.1 Å². The fraction of sp³-hybridized carbons (Fsp3) is 0.0870. The highest BCUT2D eigenvalue weighted by Crippen LogP contribution is 2.37. The molecule has 166 valence electrons. The Hall–Kier alpha value is -2.22. The largest absolute Gasteiger partial charge is 0.477 e. The molecule has 0 saturated heterocycles. The molecule has 0 atom stereocenters. The van der Waals surface area contributed by atoms with Crippen LogP contribution in [0.2, 0.25) is 15.1 Å². The summed E-state index contributed by atoms with van der Waals surface area (Å²) in [6, 6.07) is 13.0. The summed E-state index contributed by atoms with van der Waals surface area (Å²) >= 11 is 21.0. The van der Waals surface area contributed by atoms with Crippen LogP contribution in [0.1, 0.15) is 20.8 Å². The van der Waals surface area contributed by atoms with E-state index in [1.165, 1.54) is 11.3 Å². The summed E-state index contributed by atoms with van der Waals surface area (Å²) in [6.07, 6.45) is 0. The minimum Gasteiger partial charge on any atom is -0.477 e. The van der Waals surface area contributed by atoms with Crippen LogP contribution < -0.4 is 10.6 Å². The number of hydrogen-bond acceptors (Lipinski definition) is 5. The highest BCUT2D eigenvalue weighted by Gasteiger charge is 2.17. The maximum Gasteiger partial charge on any atom is 0.348 e. The monoisotopic (exact) mass is 524 g/mol. The van der Waals surface area contributed by atoms with E-state index >= 15 is 0 Å². The fourth-order valence-electron chi connectivity index (χ4n) is 2.77. The summed E-state index contributed by atoms with van der Waals surface area (Å²) in [5, 5.41) is 22.9. The van der Waals surface area contributed by atoms with E-state index in [9.17, 15) is 4.79 Å². The molecule has 0 aliphatic carbocycles. The van der Waals surface area contributed by atoms with Crippen molar-refractivity contribution in [2.24, 2.45) is 0 Å². The van der Waals surface area contributed by atoms with E-state index in [0.29, 0.717) is 21.4 Å². The summed E-state index contributed by atoms with van der Waals surface area (Å²) < 4.78 is 0. The fourth-order valence-corrected chi connectivity index (χ4v) is 4.96. The van der Waals surface area contributed by atoms with Gasteiger partial charge >= 0.3 is 5.97 Å². The predicted octanol–water partition coefficient (Wildman–Crippen LogP) is 9.26. The molecule has 0 aliphatic rings. The molecule has 2 aromatic heterocycles. The van der Waals surface area contributed by atoms with Gasteiger partial charge in [0.05, 0.1) is 32.1 Å². The highest BCUT2D eigenvalue weighted by molar-refractivity contribution is 7.12. The molecule has 0 bridgehead atoms. The third kappa shape index (κ3) is 5.97. The van der Waals surface area contributed by atoms with Crippen molar-refractivity contribution in [2.75, 3.05) is 10.6 Å². The standard InChI is InChI=1S/C12H9Cl2NO2S.C11H10ClNS/c1-6-5-18-11(12(16)17)9(6)15-10-7(13)3-2-4-8(10)14;1-8-3-2-4-10(12)11(8)13-9-5-6-14-7-9/h2-5,15H,1H3,(H,16,17);2-7,13H,1H3. The zero-order valence-electron chi connectivity index (χ0n) is 17.1. The lowest BCUT2D eigenvalue weighted by atomic mass is 10.2. The van der Waals surface area contributed by atoms with Gasteiger partial charge in [0.25, 0.3) is 0 Å². The molecule has 0 aliphatic heterocycles. The minimum absolute atomic E-state index is 0.239. The lowest BCUT2D eigenvalue weighted by Crippen LogP contribution is -2.00. The van der Waals surface area contributed by atoms with Gasteiger partial charge in [-0.25, -0.2) is 4.79 Å². The van der Waals surface area contributed by atoms with Gasteiger partial charge in [-0.3, -0.25) is 0 Å². The Morgan fingerprint density at radius 2 is 1.44 bits per heavy atom. The van der Waals surface area contributed by atoms with Gasteiger partial charge in [0.1, 0.15) is 4.88 Å². The molecular formula is C23H19Cl3N2O2S2. The number of carbonyl (C=O) groups is 1. The van der Waals surface area contributed by atoms with Crippen molar-refractivity contribution in [1.82, 2.24) is 0 Å². The number of nitrogens with one attached hydrogen (secondary N) is 2. The molecule has 4 aromatic rings. The van der Waals surface area contributed by atoms with Gasteiger partial charge in [0.2, 0.25) is 0 Å². The van der Waals surface area contributed by atoms with Crippen LogP contribution in [-0.2, 0) is 0 Å². The Kier molecular flexibility index (Phi) is 8.45. The van der Waals surface area contributed by atoms with Gasteiger partial charge in [-0.1, -0.05) is 53.0 Å². The zero-order valence-corrected chi connectivity index (χ0v) is 21.0. The average molecular weight is 526 g/mol. The Balaban J connectivity index is 0.000000186. The van der Waals surface area contributed by atoms with Crippen molar-refractivity contribution >= 4 is 86.2 Å². The normalized spacial score (nSPS) is 10.3. The van der Waals surface area contributed by atoms with E-state index in [-0.39, 0.29) is 4.88 Å². The Morgan fingerprint density at radius 3 is 2.00 bits per heavy atom. The van der Waals surface area contributed by atoms with E-state index in [1.807, 2.05) is 43.5 Å². The molecule has 2 heterocycles. The number of hydrogen-bond donors (Lipinski definition) is 3. The van der Waals surface area contributed by atoms with Crippen molar-refractivity contribution in [1.29, 1.82) is 0 Å². The maximum absolute atomic E-state index is 11.1. The topological polar surface area (TPSA) is 61.4 Å². The number of halogens is 3. The molecule has 0 saturated carbocycles. The molecule has 0 fully saturated rings. The van der Waals surface area contributed by atoms with E-state index < -0.39 is 5.97 Å². The van der Waals surface area contributed by atoms with Crippen LogP contribution in [0.4, 0.5) is 22.7 Å². The van der Waals surface area contributed by atoms with Gasteiger partial charge in [-0.15, -0.1) is 11.3 Å². The van der Waals surface area contributed by atoms with E-state index in [4.69, 9.17) is 39.9 Å². The summed E-state index contributed by atoms with van der Waals surface area (Å²) in [5.41, 5.74) is 5.13. The van der Waals surface area contributed by atoms with Crippen LogP contribution in [0.5, 0.6) is 0 Å². The highest BCUT2D eigenvalue weighted by atomic mass is 35.5. The lowest BCUT2D eigenvalue weighted by Gasteiger charge is -2.11. The molecule has 0 amide bonds. The first-order valence-electron chi connectivity index (χ1n) is 9.34. The second kappa shape index (κ2) is 11.1. The van der Waals surface area contributed by atoms with Crippen molar-refractivity contribution in [3.8, 4) is 0 Å². The quantitative estimate of drug-likeness (QED) is 0.243. The van der Waals surface area contributed by atoms with Crippen LogP contribution >= 0.6 is 57.5 Å². The van der Waals surface area contributed by atoms with Crippen LogP contribution in [-0.4, -0.2) is 11.1 Å². The summed E-state index contributed by atoms with van der Waals surface area (Å²) in [5.74, 6) is -0.973. The Morgan fingerprint density at radius 1 is 0.812 bits per heavy atom. The van der Waals surface area contributed by atoms with E-state index in [1.54, 1.807) is 34.9 Å². The number of aromatic carboxylic acids is 1. The number of carboxylic acid groups (broad SMARTS) is 1. The smallest absolute Gasteiger partial charge is 0.348 e. The molecule has 32 heavy (non-hydrogen) atoms. The number of para-hydroxylation sites is 2. The van der Waals surface area contributed by atoms with Gasteiger partial charge in [-0.2, -0.15) is 11.3 Å². The number of carboxylic acids is 1. The molecular weight excluding hydrogens is 507 g/mol. The molecule has 4 nitrogen and oxygen atoms in total. The number of benzene rings is 2. The van der Waals surface area contributed by atoms with Crippen molar-refractivity contribution in [2.45, 2.75) is 13.8 Å². The molecule has 0 radical (unpaired) electrons. The van der Waals surface area contributed by atoms with Gasteiger partial charge in [0.15, 0.2) is 0 Å². The van der Waals surface area contributed by atoms with Crippen LogP contribution in [0.15, 0.2) is 58.6 Å². The lowest BCUT2D eigenvalue weighted by molar-refractivity contribution is 0.0703. The van der Waals surface area contributed by atoms with Crippen molar-refractivity contribution in [3.63, 3.8) is 0 Å². The number of thiophene rings is 2. The molecule has 3 N–H and O–H groups in total. The molecule has 0 unspecified atom stereocenters. The van der Waals surface area contributed by atoms with E-state index in [2.05, 4.69) is 16.0 Å². The number of rotatable bonds is 5. The van der Waals surface area contributed by atoms with Crippen LogP contribution in [0.3, 0.4) is 0 Å². The average Bonchev–Trinajstić information content (AvgIpc) is 3.38. The van der Waals surface area contributed by atoms with Crippen molar-refractivity contribution in [3.05, 3.63) is 89.7 Å². The minimum atomic E-state index is -0.973. The third-order valence-electron chi connectivity index (χ3n) is 4.39. The molecule has 2 aromatic carbocycles. The molecule has 0 spiro atoms. The van der Waals surface area contributed by atoms with Crippen molar-refractivity contribution < 1.29 is 9.90 Å². The molecule has 9 heteroatoms. The summed E-state index contributed by atoms with van der Waals surface area (Å²) in [6.45, 7) is 3.87. The number of aryl methyl sites for hydroxylation is 2. The van der Waals surface area contributed by atoms with Crippen LogP contribution in [0, 0.1) is 13.8 Å². The number of anilines is 4. The Labute approximate surface area is 209 Å². The van der Waals surface area contributed by atoms with E-state index in [0.717, 1.165) is 27.5 Å². The predicted molar refractivity (Wildman–Crippen MR) is 140 cm³/mol. The summed E-state index contributed by atoms with van der Waals surface area (Å²) in [7, 11) is 0. The first-order chi connectivity index (χ1) is 15.3. The van der Waals surface area contributed by atoms with Gasteiger partial charge in [-0.05, 0) is 60.0 Å². The summed E-state index contributed by atoms with van der Waals surface area (Å²) in [4.78, 5) is 11.3. The molecule has 4 rings (SSSR count). The van der Waals surface area contributed by atoms with Gasteiger partial charge < -0.3 is 15.7 Å². The second-order valence-electron chi connectivity index (χ2n) is 6.72. The first kappa shape index (κ1) is 24.4. The SMILES string of the molecule is Cc1cccc(Cl)c1Nc1ccsc1.Cc1csc(C(=O)O)c1Nc1c(Cl)cccc1Cl. The third-order valence-corrected chi connectivity index (χ3v) is 7.11. The zero-order chi connectivity index (χ0) is 23.3. The second-order valence-corrected chi connectivity index (χ2v) is 9.60. The van der Waals surface area contributed by atoms with Crippen LogP contribution in [0.25, 0.3) is 0 Å². The maximum atomic E-state index is 11.1. The first-order valence-corrected chi connectivity index (χ1v) is 12.3.